The zero-order chi connectivity index (χ0) is 21.5. The molecule has 0 bridgehead atoms. The van der Waals surface area contributed by atoms with Gasteiger partial charge in [-0.3, -0.25) is 9.88 Å². The third-order valence-corrected chi connectivity index (χ3v) is 6.51. The Morgan fingerprint density at radius 3 is 2.77 bits per heavy atom. The molecule has 0 unspecified atom stereocenters. The van der Waals surface area contributed by atoms with E-state index in [9.17, 15) is 13.2 Å². The van der Waals surface area contributed by atoms with E-state index >= 15 is 0 Å². The lowest BCUT2D eigenvalue weighted by Crippen LogP contribution is -2.41. The Morgan fingerprint density at radius 1 is 1.27 bits per heavy atom. The average molecular weight is 422 g/mol. The second kappa shape index (κ2) is 8.21. The molecule has 4 rings (SSSR count). The maximum atomic E-state index is 13.8. The van der Waals surface area contributed by atoms with Gasteiger partial charge in [0, 0.05) is 31.0 Å². The van der Waals surface area contributed by atoms with Crippen LogP contribution >= 0.6 is 0 Å². The molecule has 3 atom stereocenters. The van der Waals surface area contributed by atoms with Crippen LogP contribution in [0.4, 0.5) is 19.0 Å². The van der Waals surface area contributed by atoms with Crippen molar-refractivity contribution >= 4 is 5.82 Å². The van der Waals surface area contributed by atoms with E-state index in [0.717, 1.165) is 43.6 Å². The van der Waals surface area contributed by atoms with Gasteiger partial charge in [0.1, 0.15) is 5.82 Å². The summed E-state index contributed by atoms with van der Waals surface area (Å²) in [7, 11) is 0. The maximum absolute atomic E-state index is 13.8. The van der Waals surface area contributed by atoms with E-state index in [-0.39, 0.29) is 24.4 Å². The number of fused-ring (bicyclic) bond motifs is 1. The summed E-state index contributed by atoms with van der Waals surface area (Å²) >= 11 is 0. The smallest absolute Gasteiger partial charge is 0.367 e. The lowest BCUT2D eigenvalue weighted by atomic mass is 9.94. The van der Waals surface area contributed by atoms with Gasteiger partial charge in [0.25, 0.3) is 0 Å². The molecule has 0 radical (unpaired) electrons. The second-order valence-corrected chi connectivity index (χ2v) is 8.97. The van der Waals surface area contributed by atoms with E-state index in [0.29, 0.717) is 5.82 Å². The molecule has 2 aliphatic heterocycles. The lowest BCUT2D eigenvalue weighted by Gasteiger charge is -2.35. The van der Waals surface area contributed by atoms with Gasteiger partial charge in [-0.25, -0.2) is 4.68 Å². The third-order valence-electron chi connectivity index (χ3n) is 6.51. The molecule has 0 aliphatic carbocycles. The Morgan fingerprint density at radius 2 is 2.07 bits per heavy atom. The Bertz CT molecular complexity index is 876. The van der Waals surface area contributed by atoms with E-state index in [1.807, 2.05) is 39.1 Å². The van der Waals surface area contributed by atoms with Crippen LogP contribution in [0.5, 0.6) is 0 Å². The van der Waals surface area contributed by atoms with Crippen molar-refractivity contribution in [2.45, 2.75) is 77.3 Å². The molecule has 0 saturated carbocycles. The fourth-order valence-electron chi connectivity index (χ4n) is 4.64. The van der Waals surface area contributed by atoms with Crippen LogP contribution in [0.1, 0.15) is 68.4 Å². The van der Waals surface area contributed by atoms with Crippen molar-refractivity contribution in [3.8, 4) is 0 Å². The lowest BCUT2D eigenvalue weighted by molar-refractivity contribution is -0.174. The minimum atomic E-state index is -4.31. The molecule has 0 aromatic carbocycles. The van der Waals surface area contributed by atoms with E-state index in [1.165, 1.54) is 10.2 Å². The van der Waals surface area contributed by atoms with Crippen molar-refractivity contribution in [2.24, 2.45) is 5.92 Å². The number of rotatable bonds is 4. The molecule has 1 fully saturated rings. The number of piperidine rings is 1. The molecular formula is C22H30F3N5. The van der Waals surface area contributed by atoms with Crippen LogP contribution in [0.15, 0.2) is 24.5 Å². The van der Waals surface area contributed by atoms with Crippen LogP contribution < -0.4 is 5.32 Å². The van der Waals surface area contributed by atoms with Crippen LogP contribution in [0.2, 0.25) is 0 Å². The first kappa shape index (κ1) is 21.2. The minimum absolute atomic E-state index is 0.0138. The van der Waals surface area contributed by atoms with Crippen molar-refractivity contribution in [3.63, 3.8) is 0 Å². The van der Waals surface area contributed by atoms with E-state index in [2.05, 4.69) is 20.3 Å². The largest absolute Gasteiger partial charge is 0.410 e. The number of nitrogens with zero attached hydrogens (tertiary/aromatic N) is 4. The van der Waals surface area contributed by atoms with Gasteiger partial charge >= 0.3 is 6.18 Å². The summed E-state index contributed by atoms with van der Waals surface area (Å²) < 4.78 is 42.6. The van der Waals surface area contributed by atoms with Crippen LogP contribution in [0.3, 0.4) is 0 Å². The molecule has 1 N–H and O–H groups in total. The van der Waals surface area contributed by atoms with Gasteiger partial charge in [-0.05, 0) is 55.8 Å². The van der Waals surface area contributed by atoms with E-state index in [4.69, 9.17) is 0 Å². The normalized spacial score (nSPS) is 25.2. The summed E-state index contributed by atoms with van der Waals surface area (Å²) in [4.78, 5) is 6.51. The highest BCUT2D eigenvalue weighted by molar-refractivity contribution is 5.42. The number of halogens is 3. The second-order valence-electron chi connectivity index (χ2n) is 8.97. The van der Waals surface area contributed by atoms with Gasteiger partial charge in [0.15, 0.2) is 6.04 Å². The molecule has 2 aromatic heterocycles. The zero-order valence-electron chi connectivity index (χ0n) is 17.8. The number of anilines is 1. The SMILES string of the molecule is Cc1cnccc1CN1CCCC[C@H]1c1cc2n(n1)[C@@H](C(F)(F)F)C[C@@H](C(C)C)N2. The molecule has 0 amide bonds. The van der Waals surface area contributed by atoms with Crippen molar-refractivity contribution in [1.82, 2.24) is 19.7 Å². The number of aromatic nitrogens is 3. The van der Waals surface area contributed by atoms with Gasteiger partial charge in [-0.15, -0.1) is 0 Å². The Balaban J connectivity index is 1.64. The minimum Gasteiger partial charge on any atom is -0.367 e. The average Bonchev–Trinajstić information content (AvgIpc) is 3.12. The number of pyridine rings is 1. The van der Waals surface area contributed by atoms with Crippen LogP contribution in [-0.4, -0.2) is 38.4 Å². The first-order chi connectivity index (χ1) is 14.2. The summed E-state index contributed by atoms with van der Waals surface area (Å²) in [6, 6.07) is 2.10. The van der Waals surface area contributed by atoms with Crippen LogP contribution in [0, 0.1) is 12.8 Å². The summed E-state index contributed by atoms with van der Waals surface area (Å²) in [5, 5.41) is 7.82. The highest BCUT2D eigenvalue weighted by Gasteiger charge is 2.47. The Kier molecular flexibility index (Phi) is 5.79. The molecule has 2 aromatic rings. The number of nitrogens with one attached hydrogen (secondary N) is 1. The number of alkyl halides is 3. The molecule has 164 valence electrons. The van der Waals surface area contributed by atoms with Crippen molar-refractivity contribution in [3.05, 3.63) is 41.3 Å². The van der Waals surface area contributed by atoms with E-state index < -0.39 is 12.2 Å². The first-order valence-corrected chi connectivity index (χ1v) is 10.8. The number of hydrogen-bond donors (Lipinski definition) is 1. The third kappa shape index (κ3) is 4.19. The van der Waals surface area contributed by atoms with Crippen molar-refractivity contribution in [1.29, 1.82) is 0 Å². The van der Waals surface area contributed by atoms with Crippen molar-refractivity contribution < 1.29 is 13.2 Å². The monoisotopic (exact) mass is 421 g/mol. The van der Waals surface area contributed by atoms with Gasteiger partial charge < -0.3 is 5.32 Å². The fraction of sp³-hybridized carbons (Fsp3) is 0.636. The molecule has 30 heavy (non-hydrogen) atoms. The van der Waals surface area contributed by atoms with Crippen molar-refractivity contribution in [2.75, 3.05) is 11.9 Å². The molecule has 5 nitrogen and oxygen atoms in total. The number of likely N-dealkylation sites (tertiary alicyclic amines) is 1. The highest BCUT2D eigenvalue weighted by atomic mass is 19.4. The zero-order valence-corrected chi connectivity index (χ0v) is 17.8. The molecule has 8 heteroatoms. The molecule has 0 spiro atoms. The number of aryl methyl sites for hydroxylation is 1. The summed E-state index contributed by atoms with van der Waals surface area (Å²) in [5.41, 5.74) is 3.07. The van der Waals surface area contributed by atoms with E-state index in [1.54, 1.807) is 6.20 Å². The quantitative estimate of drug-likeness (QED) is 0.732. The predicted molar refractivity (Wildman–Crippen MR) is 110 cm³/mol. The number of hydrogen-bond acceptors (Lipinski definition) is 4. The molecule has 1 saturated heterocycles. The highest BCUT2D eigenvalue weighted by Crippen LogP contribution is 2.42. The van der Waals surface area contributed by atoms with Crippen LogP contribution in [0.25, 0.3) is 0 Å². The summed E-state index contributed by atoms with van der Waals surface area (Å²) in [6.45, 7) is 7.63. The summed E-state index contributed by atoms with van der Waals surface area (Å²) in [6.07, 6.45) is 2.41. The molecular weight excluding hydrogens is 391 g/mol. The standard InChI is InChI=1S/C22H30F3N5/c1-14(2)17-10-20(22(23,24)25)30-21(27-17)11-18(28-30)19-6-4-5-9-29(19)13-16-7-8-26-12-15(16)3/h7-8,11-12,14,17,19-20,27H,4-6,9-10,13H2,1-3H3/t17-,19-,20+/m0/s1. The van der Waals surface area contributed by atoms with Gasteiger partial charge in [0.05, 0.1) is 11.7 Å². The van der Waals surface area contributed by atoms with Gasteiger partial charge in [-0.1, -0.05) is 20.3 Å². The van der Waals surface area contributed by atoms with Gasteiger partial charge in [0.2, 0.25) is 0 Å². The molecule has 4 heterocycles. The fourth-order valence-corrected chi connectivity index (χ4v) is 4.64. The topological polar surface area (TPSA) is 46.0 Å². The summed E-state index contributed by atoms with van der Waals surface area (Å²) in [5.74, 6) is 0.602. The Hall–Kier alpha value is -2.09. The maximum Gasteiger partial charge on any atom is 0.410 e. The first-order valence-electron chi connectivity index (χ1n) is 10.8. The van der Waals surface area contributed by atoms with Crippen LogP contribution in [-0.2, 0) is 6.54 Å². The van der Waals surface area contributed by atoms with Gasteiger partial charge in [-0.2, -0.15) is 18.3 Å². The Labute approximate surface area is 175 Å². The molecule has 2 aliphatic rings. The predicted octanol–water partition coefficient (Wildman–Crippen LogP) is 5.26.